The summed E-state index contributed by atoms with van der Waals surface area (Å²) < 4.78 is 3.77. The zero-order chi connectivity index (χ0) is 26.2. The van der Waals surface area contributed by atoms with Crippen LogP contribution in [0.15, 0.2) is 97.6 Å². The van der Waals surface area contributed by atoms with E-state index in [4.69, 9.17) is 4.98 Å². The molecule has 0 atom stereocenters. The van der Waals surface area contributed by atoms with E-state index in [9.17, 15) is 0 Å². The third kappa shape index (κ3) is 5.19. The summed E-state index contributed by atoms with van der Waals surface area (Å²) in [5, 5.41) is 8.90. The summed E-state index contributed by atoms with van der Waals surface area (Å²) in [6.07, 6.45) is 7.52. The SMILES string of the molecule is CC(C)(C)c1cc(N(c2cccc(-n3cccn3)c2)c2cccc(-n3cccn3)c2)cc(C(C)(C)C)n1. The molecule has 0 amide bonds. The van der Waals surface area contributed by atoms with Crippen LogP contribution in [0.2, 0.25) is 0 Å². The first-order chi connectivity index (χ1) is 17.6. The van der Waals surface area contributed by atoms with E-state index in [2.05, 4.69) is 117 Å². The topological polar surface area (TPSA) is 51.8 Å². The maximum Gasteiger partial charge on any atom is 0.0666 e. The molecule has 0 N–H and O–H groups in total. The van der Waals surface area contributed by atoms with Gasteiger partial charge in [0.05, 0.1) is 11.4 Å². The van der Waals surface area contributed by atoms with Crippen molar-refractivity contribution >= 4 is 17.1 Å². The molecule has 0 saturated carbocycles. The highest BCUT2D eigenvalue weighted by molar-refractivity contribution is 5.79. The number of anilines is 3. The molecule has 0 saturated heterocycles. The molecule has 2 aromatic carbocycles. The van der Waals surface area contributed by atoms with E-state index in [1.807, 2.05) is 33.9 Å². The molecule has 6 heteroatoms. The summed E-state index contributed by atoms with van der Waals surface area (Å²) in [6, 6.07) is 25.2. The van der Waals surface area contributed by atoms with Gasteiger partial charge < -0.3 is 4.90 Å². The van der Waals surface area contributed by atoms with Crippen molar-refractivity contribution < 1.29 is 0 Å². The number of pyridine rings is 1. The Balaban J connectivity index is 1.75. The van der Waals surface area contributed by atoms with Crippen molar-refractivity contribution in [2.45, 2.75) is 52.4 Å². The lowest BCUT2D eigenvalue weighted by Crippen LogP contribution is -2.22. The molecule has 3 heterocycles. The van der Waals surface area contributed by atoms with Crippen LogP contribution in [0.4, 0.5) is 17.1 Å². The van der Waals surface area contributed by atoms with Gasteiger partial charge >= 0.3 is 0 Å². The summed E-state index contributed by atoms with van der Waals surface area (Å²) in [5.41, 5.74) is 7.06. The van der Waals surface area contributed by atoms with E-state index in [0.29, 0.717) is 0 Å². The van der Waals surface area contributed by atoms with Crippen molar-refractivity contribution in [3.8, 4) is 11.4 Å². The van der Waals surface area contributed by atoms with Crippen LogP contribution in [0.25, 0.3) is 11.4 Å². The smallest absolute Gasteiger partial charge is 0.0666 e. The zero-order valence-corrected chi connectivity index (χ0v) is 22.4. The Hall–Kier alpha value is -4.19. The van der Waals surface area contributed by atoms with Gasteiger partial charge in [0.1, 0.15) is 0 Å². The summed E-state index contributed by atoms with van der Waals surface area (Å²) in [6.45, 7) is 13.3. The number of rotatable bonds is 5. The Morgan fingerprint density at radius 3 is 1.41 bits per heavy atom. The van der Waals surface area contributed by atoms with Crippen molar-refractivity contribution in [2.75, 3.05) is 4.90 Å². The number of benzene rings is 2. The van der Waals surface area contributed by atoms with Crippen LogP contribution in [0.3, 0.4) is 0 Å². The molecule has 37 heavy (non-hydrogen) atoms. The molecule has 3 aromatic heterocycles. The van der Waals surface area contributed by atoms with Crippen molar-refractivity contribution in [1.82, 2.24) is 24.5 Å². The Morgan fingerprint density at radius 1 is 0.568 bits per heavy atom. The van der Waals surface area contributed by atoms with Gasteiger partial charge in [-0.3, -0.25) is 4.98 Å². The average molecular weight is 491 g/mol. The van der Waals surface area contributed by atoms with Crippen molar-refractivity contribution in [3.63, 3.8) is 0 Å². The largest absolute Gasteiger partial charge is 0.310 e. The Kier molecular flexibility index (Phi) is 6.20. The maximum absolute atomic E-state index is 5.11. The van der Waals surface area contributed by atoms with Crippen molar-refractivity contribution in [1.29, 1.82) is 0 Å². The summed E-state index contributed by atoms with van der Waals surface area (Å²) in [4.78, 5) is 7.40. The lowest BCUT2D eigenvalue weighted by Gasteiger charge is -2.30. The first kappa shape index (κ1) is 24.5. The minimum atomic E-state index is -0.102. The molecule has 188 valence electrons. The molecule has 0 spiro atoms. The monoisotopic (exact) mass is 490 g/mol. The molecule has 0 aliphatic carbocycles. The molecule has 5 aromatic rings. The van der Waals surface area contributed by atoms with E-state index in [1.54, 1.807) is 12.4 Å². The standard InChI is InChI=1S/C31H34N6/c1-30(2,3)28-21-27(22-29(34-28)31(4,5)6)37(25-13-7-11-23(19-25)35-17-9-15-32-35)26-14-8-12-24(20-26)36-18-10-16-33-36/h7-22H,1-6H3. The van der Waals surface area contributed by atoms with E-state index in [0.717, 1.165) is 39.8 Å². The molecular weight excluding hydrogens is 456 g/mol. The second-order valence-electron chi connectivity index (χ2n) is 11.4. The molecule has 0 aliphatic rings. The minimum absolute atomic E-state index is 0.102. The van der Waals surface area contributed by atoms with E-state index < -0.39 is 0 Å². The second-order valence-corrected chi connectivity index (χ2v) is 11.4. The lowest BCUT2D eigenvalue weighted by molar-refractivity contribution is 0.531. The van der Waals surface area contributed by atoms with Gasteiger partial charge in [-0.25, -0.2) is 9.36 Å². The Bertz CT molecular complexity index is 1380. The van der Waals surface area contributed by atoms with Crippen LogP contribution in [0.1, 0.15) is 52.9 Å². The summed E-state index contributed by atoms with van der Waals surface area (Å²) >= 11 is 0. The highest BCUT2D eigenvalue weighted by atomic mass is 15.3. The van der Waals surface area contributed by atoms with Gasteiger partial charge in [-0.15, -0.1) is 0 Å². The second kappa shape index (κ2) is 9.36. The minimum Gasteiger partial charge on any atom is -0.310 e. The molecule has 0 radical (unpaired) electrons. The van der Waals surface area contributed by atoms with E-state index in [-0.39, 0.29) is 10.8 Å². The van der Waals surface area contributed by atoms with Crippen LogP contribution in [-0.2, 0) is 10.8 Å². The quantitative estimate of drug-likeness (QED) is 0.256. The third-order valence-corrected chi connectivity index (χ3v) is 6.32. The van der Waals surface area contributed by atoms with E-state index >= 15 is 0 Å². The predicted molar refractivity (Wildman–Crippen MR) is 151 cm³/mol. The number of aromatic nitrogens is 5. The number of hydrogen-bond acceptors (Lipinski definition) is 4. The van der Waals surface area contributed by atoms with Crippen molar-refractivity contribution in [3.05, 3.63) is 109 Å². The fraction of sp³-hybridized carbons (Fsp3) is 0.258. The van der Waals surface area contributed by atoms with Crippen LogP contribution in [0, 0.1) is 0 Å². The van der Waals surface area contributed by atoms with Crippen LogP contribution in [-0.4, -0.2) is 24.5 Å². The average Bonchev–Trinajstić information content (AvgIpc) is 3.58. The van der Waals surface area contributed by atoms with Gasteiger partial charge in [0.25, 0.3) is 0 Å². The molecule has 0 unspecified atom stereocenters. The van der Waals surface area contributed by atoms with Crippen LogP contribution in [0.5, 0.6) is 0 Å². The van der Waals surface area contributed by atoms with Gasteiger partial charge in [-0.05, 0) is 60.7 Å². The fourth-order valence-corrected chi connectivity index (χ4v) is 4.25. The highest BCUT2D eigenvalue weighted by Crippen LogP contribution is 2.39. The maximum atomic E-state index is 5.11. The highest BCUT2D eigenvalue weighted by Gasteiger charge is 2.25. The van der Waals surface area contributed by atoms with Gasteiger partial charge in [0, 0.05) is 64.1 Å². The molecule has 6 nitrogen and oxygen atoms in total. The normalized spacial score (nSPS) is 12.1. The Morgan fingerprint density at radius 2 is 1.03 bits per heavy atom. The number of nitrogens with zero attached hydrogens (tertiary/aromatic N) is 6. The lowest BCUT2D eigenvalue weighted by atomic mass is 9.87. The van der Waals surface area contributed by atoms with Gasteiger partial charge in [0.2, 0.25) is 0 Å². The van der Waals surface area contributed by atoms with Crippen LogP contribution >= 0.6 is 0 Å². The zero-order valence-electron chi connectivity index (χ0n) is 22.4. The fourth-order valence-electron chi connectivity index (χ4n) is 4.25. The van der Waals surface area contributed by atoms with Gasteiger partial charge in [-0.2, -0.15) is 10.2 Å². The predicted octanol–water partition coefficient (Wildman–Crippen LogP) is 7.52. The molecular formula is C31H34N6. The molecule has 0 aliphatic heterocycles. The molecule has 0 fully saturated rings. The van der Waals surface area contributed by atoms with Gasteiger partial charge in [-0.1, -0.05) is 53.7 Å². The third-order valence-electron chi connectivity index (χ3n) is 6.32. The summed E-state index contributed by atoms with van der Waals surface area (Å²) in [5.74, 6) is 0. The number of hydrogen-bond donors (Lipinski definition) is 0. The van der Waals surface area contributed by atoms with Crippen molar-refractivity contribution in [2.24, 2.45) is 0 Å². The van der Waals surface area contributed by atoms with Gasteiger partial charge in [0.15, 0.2) is 0 Å². The van der Waals surface area contributed by atoms with Crippen LogP contribution < -0.4 is 4.90 Å². The first-order valence-corrected chi connectivity index (χ1v) is 12.6. The van der Waals surface area contributed by atoms with E-state index in [1.165, 1.54) is 0 Å². The Labute approximate surface area is 219 Å². The molecule has 0 bridgehead atoms. The summed E-state index contributed by atoms with van der Waals surface area (Å²) in [7, 11) is 0. The first-order valence-electron chi connectivity index (χ1n) is 12.6. The molecule has 5 rings (SSSR count).